The van der Waals surface area contributed by atoms with Crippen LogP contribution in [-0.4, -0.2) is 33.0 Å². The van der Waals surface area contributed by atoms with Crippen molar-refractivity contribution in [2.45, 2.75) is 38.0 Å². The van der Waals surface area contributed by atoms with E-state index in [2.05, 4.69) is 27.5 Å². The second-order valence-electron chi connectivity index (χ2n) is 5.58. The van der Waals surface area contributed by atoms with Crippen LogP contribution in [0, 0.1) is 0 Å². The molecule has 20 heavy (non-hydrogen) atoms. The first-order chi connectivity index (χ1) is 9.73. The highest BCUT2D eigenvalue weighted by atomic mass is 16.5. The monoisotopic (exact) mass is 275 g/mol. The maximum Gasteiger partial charge on any atom is 0.233 e. The van der Waals surface area contributed by atoms with E-state index in [0.29, 0.717) is 5.82 Å². The van der Waals surface area contributed by atoms with Gasteiger partial charge in [-0.3, -0.25) is 4.68 Å². The largest absolute Gasteiger partial charge is 0.338 e. The van der Waals surface area contributed by atoms with Crippen molar-refractivity contribution in [1.82, 2.24) is 25.2 Å². The molecule has 108 valence electrons. The molecular weight excluding hydrogens is 254 g/mol. The summed E-state index contributed by atoms with van der Waals surface area (Å²) in [5.41, 5.74) is 0.808. The summed E-state index contributed by atoms with van der Waals surface area (Å²) in [7, 11) is 1.88. The van der Waals surface area contributed by atoms with Gasteiger partial charge in [0.2, 0.25) is 11.7 Å². The molecule has 1 saturated heterocycles. The zero-order valence-electron chi connectivity index (χ0n) is 12.1. The zero-order chi connectivity index (χ0) is 14.0. The molecule has 6 nitrogen and oxygen atoms in total. The highest BCUT2D eigenvalue weighted by Gasteiger charge is 2.38. The lowest BCUT2D eigenvalue weighted by atomic mass is 9.75. The molecule has 3 heterocycles. The Morgan fingerprint density at radius 3 is 2.85 bits per heavy atom. The molecule has 1 fully saturated rings. The van der Waals surface area contributed by atoms with E-state index in [1.54, 1.807) is 4.68 Å². The Labute approximate surface area is 118 Å². The number of nitrogens with zero attached hydrogens (tertiary/aromatic N) is 4. The van der Waals surface area contributed by atoms with Crippen molar-refractivity contribution in [2.24, 2.45) is 7.05 Å². The summed E-state index contributed by atoms with van der Waals surface area (Å²) in [5.74, 6) is 1.37. The predicted octanol–water partition coefficient (Wildman–Crippen LogP) is 1.89. The number of rotatable bonds is 4. The second-order valence-corrected chi connectivity index (χ2v) is 5.58. The summed E-state index contributed by atoms with van der Waals surface area (Å²) in [4.78, 5) is 4.63. The van der Waals surface area contributed by atoms with Gasteiger partial charge in [0.15, 0.2) is 0 Å². The molecule has 2 aromatic heterocycles. The van der Waals surface area contributed by atoms with Crippen LogP contribution in [0.2, 0.25) is 0 Å². The maximum absolute atomic E-state index is 5.59. The summed E-state index contributed by atoms with van der Waals surface area (Å²) in [6.45, 7) is 4.24. The highest BCUT2D eigenvalue weighted by molar-refractivity contribution is 5.47. The van der Waals surface area contributed by atoms with Crippen molar-refractivity contribution < 1.29 is 4.52 Å². The molecule has 1 aliphatic heterocycles. The Morgan fingerprint density at radius 1 is 1.40 bits per heavy atom. The Bertz CT molecular complexity index is 562. The molecule has 0 bridgehead atoms. The van der Waals surface area contributed by atoms with Gasteiger partial charge in [0.25, 0.3) is 0 Å². The molecule has 2 aromatic rings. The molecule has 1 aliphatic rings. The maximum atomic E-state index is 5.59. The van der Waals surface area contributed by atoms with Gasteiger partial charge in [-0.05, 0) is 38.4 Å². The topological polar surface area (TPSA) is 68.8 Å². The Hall–Kier alpha value is -1.69. The van der Waals surface area contributed by atoms with Gasteiger partial charge in [-0.1, -0.05) is 18.5 Å². The van der Waals surface area contributed by atoms with Crippen LogP contribution < -0.4 is 5.32 Å². The first-order valence-corrected chi connectivity index (χ1v) is 7.28. The van der Waals surface area contributed by atoms with E-state index in [1.807, 2.05) is 19.3 Å². The van der Waals surface area contributed by atoms with E-state index in [0.717, 1.165) is 50.4 Å². The van der Waals surface area contributed by atoms with Crippen LogP contribution in [0.3, 0.4) is 0 Å². The number of aryl methyl sites for hydroxylation is 1. The van der Waals surface area contributed by atoms with E-state index < -0.39 is 0 Å². The lowest BCUT2D eigenvalue weighted by Crippen LogP contribution is -2.40. The minimum Gasteiger partial charge on any atom is -0.338 e. The third-order valence-corrected chi connectivity index (χ3v) is 4.11. The van der Waals surface area contributed by atoms with E-state index in [-0.39, 0.29) is 5.41 Å². The molecule has 6 heteroatoms. The van der Waals surface area contributed by atoms with E-state index in [9.17, 15) is 0 Å². The number of aromatic nitrogens is 4. The van der Waals surface area contributed by atoms with Crippen LogP contribution in [0.4, 0.5) is 0 Å². The van der Waals surface area contributed by atoms with Gasteiger partial charge in [0.05, 0.1) is 5.41 Å². The van der Waals surface area contributed by atoms with E-state index in [1.165, 1.54) is 0 Å². The van der Waals surface area contributed by atoms with Gasteiger partial charge < -0.3 is 9.84 Å². The highest BCUT2D eigenvalue weighted by Crippen LogP contribution is 2.37. The Kier molecular flexibility index (Phi) is 3.56. The van der Waals surface area contributed by atoms with Crippen molar-refractivity contribution in [3.8, 4) is 11.5 Å². The third-order valence-electron chi connectivity index (χ3n) is 4.11. The fraction of sp³-hybridized carbons (Fsp3) is 0.643. The van der Waals surface area contributed by atoms with Gasteiger partial charge in [0.1, 0.15) is 5.69 Å². The Morgan fingerprint density at radius 2 is 2.20 bits per heavy atom. The van der Waals surface area contributed by atoms with Crippen LogP contribution in [0.1, 0.15) is 38.5 Å². The number of nitrogens with one attached hydrogen (secondary N) is 1. The van der Waals surface area contributed by atoms with Gasteiger partial charge >= 0.3 is 0 Å². The summed E-state index contributed by atoms with van der Waals surface area (Å²) in [6, 6.07) is 1.91. The molecule has 3 rings (SSSR count). The summed E-state index contributed by atoms with van der Waals surface area (Å²) >= 11 is 0. The van der Waals surface area contributed by atoms with Gasteiger partial charge in [-0.25, -0.2) is 0 Å². The quantitative estimate of drug-likeness (QED) is 0.922. The van der Waals surface area contributed by atoms with Gasteiger partial charge in [-0.2, -0.15) is 10.1 Å². The fourth-order valence-corrected chi connectivity index (χ4v) is 3.03. The molecular formula is C14H21N5O. The molecule has 0 spiro atoms. The molecule has 0 saturated carbocycles. The van der Waals surface area contributed by atoms with Crippen molar-refractivity contribution in [3.63, 3.8) is 0 Å². The molecule has 1 N–H and O–H groups in total. The normalized spacial score (nSPS) is 18.3. The lowest BCUT2D eigenvalue weighted by molar-refractivity contribution is 0.208. The number of piperidine rings is 1. The predicted molar refractivity (Wildman–Crippen MR) is 75.2 cm³/mol. The molecule has 0 amide bonds. The van der Waals surface area contributed by atoms with Crippen LogP contribution >= 0.6 is 0 Å². The van der Waals surface area contributed by atoms with Crippen LogP contribution in [0.5, 0.6) is 0 Å². The van der Waals surface area contributed by atoms with Gasteiger partial charge in [0, 0.05) is 13.2 Å². The molecule has 0 atom stereocenters. The van der Waals surface area contributed by atoms with Crippen molar-refractivity contribution >= 4 is 0 Å². The summed E-state index contributed by atoms with van der Waals surface area (Å²) in [6.07, 6.45) is 6.23. The molecule has 0 aliphatic carbocycles. The van der Waals surface area contributed by atoms with E-state index >= 15 is 0 Å². The Balaban J connectivity index is 1.90. The van der Waals surface area contributed by atoms with Crippen molar-refractivity contribution in [1.29, 1.82) is 0 Å². The molecule has 0 unspecified atom stereocenters. The first-order valence-electron chi connectivity index (χ1n) is 7.28. The van der Waals surface area contributed by atoms with E-state index in [4.69, 9.17) is 4.52 Å². The number of hydrogen-bond acceptors (Lipinski definition) is 5. The average molecular weight is 275 g/mol. The first kappa shape index (κ1) is 13.3. The average Bonchev–Trinajstić information content (AvgIpc) is 3.09. The van der Waals surface area contributed by atoms with Crippen LogP contribution in [-0.2, 0) is 12.5 Å². The number of hydrogen-bond donors (Lipinski definition) is 1. The molecule has 0 radical (unpaired) electrons. The standard InChI is InChI=1S/C14H21N5O/c1-3-5-14(6-8-15-9-7-14)13-16-12(18-20-13)11-4-10-19(2)17-11/h4,10,15H,3,5-9H2,1-2H3. The zero-order valence-corrected chi connectivity index (χ0v) is 12.1. The fourth-order valence-electron chi connectivity index (χ4n) is 3.03. The van der Waals surface area contributed by atoms with Crippen molar-refractivity contribution in [3.05, 3.63) is 18.2 Å². The second kappa shape index (κ2) is 5.36. The minimum atomic E-state index is 0.0417. The lowest BCUT2D eigenvalue weighted by Gasteiger charge is -2.34. The summed E-state index contributed by atoms with van der Waals surface area (Å²) in [5, 5.41) is 11.9. The SMILES string of the molecule is CCCC1(c2nc(-c3ccn(C)n3)no2)CCNCC1. The van der Waals surface area contributed by atoms with Crippen LogP contribution in [0.15, 0.2) is 16.8 Å². The minimum absolute atomic E-state index is 0.0417. The third kappa shape index (κ3) is 2.35. The molecule has 0 aromatic carbocycles. The van der Waals surface area contributed by atoms with Crippen LogP contribution in [0.25, 0.3) is 11.5 Å². The van der Waals surface area contributed by atoms with Crippen molar-refractivity contribution in [2.75, 3.05) is 13.1 Å². The van der Waals surface area contributed by atoms with Gasteiger partial charge in [-0.15, -0.1) is 0 Å². The smallest absolute Gasteiger partial charge is 0.233 e. The summed E-state index contributed by atoms with van der Waals surface area (Å²) < 4.78 is 7.33.